The Morgan fingerprint density at radius 1 is 0.952 bits per heavy atom. The Balaban J connectivity index is 1.73. The van der Waals surface area contributed by atoms with E-state index >= 15 is 0 Å². The second kappa shape index (κ2) is 11.6. The van der Waals surface area contributed by atoms with Gasteiger partial charge in [-0.15, -0.1) is 0 Å². The van der Waals surface area contributed by atoms with E-state index in [1.807, 2.05) is 77.4 Å². The minimum Gasteiger partial charge on any atom is -0.493 e. The first kappa shape index (κ1) is 29.4. The molecule has 216 valence electrons. The lowest BCUT2D eigenvalue weighted by Gasteiger charge is -2.31. The van der Waals surface area contributed by atoms with Crippen molar-refractivity contribution in [3.8, 4) is 5.75 Å². The maximum Gasteiger partial charge on any atom is 0.335 e. The predicted octanol–water partition coefficient (Wildman–Crippen LogP) is 6.43. The van der Waals surface area contributed by atoms with Crippen LogP contribution < -0.4 is 10.5 Å². The molecular weight excluding hydrogens is 572 g/mol. The number of carboxylic acid groups (broad SMARTS) is 1. The molecule has 4 aromatic carbocycles. The van der Waals surface area contributed by atoms with Crippen LogP contribution in [0.2, 0.25) is 5.02 Å². The van der Waals surface area contributed by atoms with Crippen LogP contribution >= 0.6 is 11.6 Å². The van der Waals surface area contributed by atoms with Gasteiger partial charge in [0.1, 0.15) is 5.75 Å². The van der Waals surface area contributed by atoms with Crippen LogP contribution in [0.4, 0.5) is 0 Å². The minimum atomic E-state index is -3.82. The first-order valence-electron chi connectivity index (χ1n) is 13.4. The van der Waals surface area contributed by atoms with Crippen molar-refractivity contribution >= 4 is 38.3 Å². The first-order chi connectivity index (χ1) is 20.0. The summed E-state index contributed by atoms with van der Waals surface area (Å²) in [5, 5.41) is 10.5. The number of ether oxygens (including phenoxy) is 1. The second-order valence-electron chi connectivity index (χ2n) is 10.4. The third-order valence-corrected chi connectivity index (χ3v) is 9.49. The molecule has 3 N–H and O–H groups in total. The van der Waals surface area contributed by atoms with Gasteiger partial charge in [0.15, 0.2) is 14.7 Å². The van der Waals surface area contributed by atoms with Gasteiger partial charge in [0, 0.05) is 23.1 Å². The molecule has 1 aromatic heterocycles. The van der Waals surface area contributed by atoms with E-state index in [2.05, 4.69) is 0 Å². The van der Waals surface area contributed by atoms with E-state index in [1.54, 1.807) is 18.2 Å². The summed E-state index contributed by atoms with van der Waals surface area (Å²) in [7, 11) is -3.82. The summed E-state index contributed by atoms with van der Waals surface area (Å²) in [6.45, 7) is 1.72. The molecule has 0 aliphatic carbocycles. The maximum atomic E-state index is 13.3. The molecule has 0 spiro atoms. The average Bonchev–Trinajstić information content (AvgIpc) is 3.27. The Labute approximate surface area is 250 Å². The number of rotatable bonds is 10. The van der Waals surface area contributed by atoms with Crippen LogP contribution in [0.25, 0.3) is 10.9 Å². The molecule has 0 aliphatic rings. The van der Waals surface area contributed by atoms with Gasteiger partial charge in [0.05, 0.1) is 29.4 Å². The molecule has 0 aliphatic heterocycles. The molecule has 0 saturated heterocycles. The van der Waals surface area contributed by atoms with Gasteiger partial charge >= 0.3 is 5.97 Å². The molecule has 0 bridgehead atoms. The van der Waals surface area contributed by atoms with Gasteiger partial charge in [-0.2, -0.15) is 0 Å². The number of aromatic nitrogens is 1. The highest BCUT2D eigenvalue weighted by Gasteiger charge is 2.41. The number of sulfone groups is 1. The molecule has 1 atom stereocenters. The van der Waals surface area contributed by atoms with E-state index in [1.165, 1.54) is 19.1 Å². The van der Waals surface area contributed by atoms with Crippen LogP contribution in [0.5, 0.6) is 5.75 Å². The molecule has 7 nitrogen and oxygen atoms in total. The largest absolute Gasteiger partial charge is 0.493 e. The van der Waals surface area contributed by atoms with Gasteiger partial charge in [-0.1, -0.05) is 78.3 Å². The van der Waals surface area contributed by atoms with E-state index < -0.39 is 26.7 Å². The predicted molar refractivity (Wildman–Crippen MR) is 166 cm³/mol. The Morgan fingerprint density at radius 3 is 2.05 bits per heavy atom. The fraction of sp³-hybridized carbons (Fsp3) is 0.182. The van der Waals surface area contributed by atoms with E-state index in [0.29, 0.717) is 22.9 Å². The number of hydrogen-bond acceptors (Lipinski definition) is 5. The number of nitrogens with zero attached hydrogens (tertiary/aromatic N) is 1. The standard InChI is InChI=1S/C33H31ClN2O5S/c1-33(35,42(2,39)40)31-28(19-20-41-26-16-13-24(14-17-26)32(37)38)27-18-15-25(34)21-29(27)36(31)30(22-9-5-3-6-10-22)23-11-7-4-8-12-23/h3-18,21,30H,19-20,35H2,1-2H3,(H,37,38). The van der Waals surface area contributed by atoms with Crippen molar-refractivity contribution in [2.24, 2.45) is 5.73 Å². The third kappa shape index (κ3) is 5.66. The Kier molecular flexibility index (Phi) is 8.14. The molecule has 42 heavy (non-hydrogen) atoms. The van der Waals surface area contributed by atoms with Crippen LogP contribution in [0, 0.1) is 0 Å². The minimum absolute atomic E-state index is 0.157. The SMILES string of the molecule is CC(N)(c1c(CCOc2ccc(C(=O)O)cc2)c2ccc(Cl)cc2n1C(c1ccccc1)c1ccccc1)S(C)(=O)=O. The summed E-state index contributed by atoms with van der Waals surface area (Å²) in [6, 6.07) is 31.0. The molecule has 1 unspecified atom stereocenters. The van der Waals surface area contributed by atoms with Crippen LogP contribution in [-0.2, 0) is 21.1 Å². The molecule has 5 aromatic rings. The third-order valence-electron chi connectivity index (χ3n) is 7.52. The van der Waals surface area contributed by atoms with Crippen LogP contribution in [0.1, 0.15) is 45.7 Å². The highest BCUT2D eigenvalue weighted by atomic mass is 35.5. The average molecular weight is 603 g/mol. The van der Waals surface area contributed by atoms with Crippen molar-refractivity contribution in [3.05, 3.63) is 136 Å². The zero-order chi connectivity index (χ0) is 30.1. The van der Waals surface area contributed by atoms with Gasteiger partial charge in [-0.05, 0) is 60.0 Å². The normalized spacial score (nSPS) is 13.3. The lowest BCUT2D eigenvalue weighted by Crippen LogP contribution is -2.44. The Bertz CT molecular complexity index is 1800. The summed E-state index contributed by atoms with van der Waals surface area (Å²) in [4.78, 5) is 9.46. The molecule has 9 heteroatoms. The summed E-state index contributed by atoms with van der Waals surface area (Å²) < 4.78 is 34.7. The van der Waals surface area contributed by atoms with Crippen LogP contribution in [0.3, 0.4) is 0 Å². The fourth-order valence-corrected chi connectivity index (χ4v) is 6.05. The maximum absolute atomic E-state index is 13.3. The van der Waals surface area contributed by atoms with Crippen LogP contribution in [-0.4, -0.2) is 36.9 Å². The number of hydrogen-bond donors (Lipinski definition) is 2. The molecule has 0 fully saturated rings. The Hall–Kier alpha value is -4.11. The van der Waals surface area contributed by atoms with E-state index in [9.17, 15) is 18.3 Å². The molecule has 1 heterocycles. The number of halogens is 1. The van der Waals surface area contributed by atoms with Gasteiger partial charge < -0.3 is 20.1 Å². The van der Waals surface area contributed by atoms with Crippen molar-refractivity contribution in [3.63, 3.8) is 0 Å². The monoisotopic (exact) mass is 602 g/mol. The highest BCUT2D eigenvalue weighted by molar-refractivity contribution is 7.91. The lowest BCUT2D eigenvalue weighted by atomic mass is 9.97. The highest BCUT2D eigenvalue weighted by Crippen LogP contribution is 2.42. The topological polar surface area (TPSA) is 112 Å². The van der Waals surface area contributed by atoms with Crippen molar-refractivity contribution in [2.45, 2.75) is 24.3 Å². The number of fused-ring (bicyclic) bond motifs is 1. The summed E-state index contributed by atoms with van der Waals surface area (Å²) in [6.07, 6.45) is 1.48. The molecule has 0 amide bonds. The molecule has 0 radical (unpaired) electrons. The number of benzene rings is 4. The fourth-order valence-electron chi connectivity index (χ4n) is 5.31. The van der Waals surface area contributed by atoms with Crippen molar-refractivity contribution in [2.75, 3.05) is 12.9 Å². The number of nitrogens with two attached hydrogens (primary N) is 1. The van der Waals surface area contributed by atoms with E-state index in [0.717, 1.165) is 33.8 Å². The first-order valence-corrected chi connectivity index (χ1v) is 15.6. The summed E-state index contributed by atoms with van der Waals surface area (Å²) in [5.41, 5.74) is 10.8. The molecule has 5 rings (SSSR count). The van der Waals surface area contributed by atoms with Gasteiger partial charge in [0.2, 0.25) is 0 Å². The second-order valence-corrected chi connectivity index (χ2v) is 13.2. The van der Waals surface area contributed by atoms with Crippen molar-refractivity contribution < 1.29 is 23.1 Å². The smallest absolute Gasteiger partial charge is 0.335 e. The zero-order valence-electron chi connectivity index (χ0n) is 23.2. The van der Waals surface area contributed by atoms with Gasteiger partial charge in [0.25, 0.3) is 0 Å². The van der Waals surface area contributed by atoms with Crippen molar-refractivity contribution in [1.82, 2.24) is 4.57 Å². The summed E-state index contributed by atoms with van der Waals surface area (Å²) in [5.74, 6) is -0.523. The quantitative estimate of drug-likeness (QED) is 0.191. The summed E-state index contributed by atoms with van der Waals surface area (Å²) >= 11 is 6.54. The Morgan fingerprint density at radius 2 is 1.52 bits per heavy atom. The lowest BCUT2D eigenvalue weighted by molar-refractivity contribution is 0.0697. The molecular formula is C33H31ClN2O5S. The number of aromatic carboxylic acids is 1. The van der Waals surface area contributed by atoms with Gasteiger partial charge in [-0.3, -0.25) is 0 Å². The number of carboxylic acids is 1. The van der Waals surface area contributed by atoms with Gasteiger partial charge in [-0.25, -0.2) is 13.2 Å². The van der Waals surface area contributed by atoms with Crippen LogP contribution in [0.15, 0.2) is 103 Å². The van der Waals surface area contributed by atoms with E-state index in [-0.39, 0.29) is 12.2 Å². The number of carbonyl (C=O) groups is 1. The van der Waals surface area contributed by atoms with E-state index in [4.69, 9.17) is 22.1 Å². The molecule has 0 saturated carbocycles. The van der Waals surface area contributed by atoms with Crippen molar-refractivity contribution in [1.29, 1.82) is 0 Å². The zero-order valence-corrected chi connectivity index (χ0v) is 24.8.